The molecule has 0 heterocycles. The molecule has 0 aromatic rings. The predicted molar refractivity (Wildman–Crippen MR) is 52.4 cm³/mol. The lowest BCUT2D eigenvalue weighted by molar-refractivity contribution is -0.130. The molecule has 0 aromatic carbocycles. The number of rotatable bonds is 5. The van der Waals surface area contributed by atoms with E-state index < -0.39 is 5.92 Å². The Hall–Kier alpha value is -0.670. The van der Waals surface area contributed by atoms with E-state index in [-0.39, 0.29) is 18.4 Å². The topological polar surface area (TPSA) is 20.3 Å². The van der Waals surface area contributed by atoms with Crippen molar-refractivity contribution < 1.29 is 13.6 Å². The van der Waals surface area contributed by atoms with Crippen molar-refractivity contribution in [3.05, 3.63) is 0 Å². The first-order chi connectivity index (χ1) is 6.24. The highest BCUT2D eigenvalue weighted by Gasteiger charge is 2.21. The molecular formula is C10H19F2NO. The fraction of sp³-hybridized carbons (Fsp3) is 0.900. The Bertz CT molecular complexity index is 187. The van der Waals surface area contributed by atoms with Crippen LogP contribution >= 0.6 is 0 Å². The maximum atomic E-state index is 12.5. The second-order valence-corrected chi connectivity index (χ2v) is 3.98. The standard InChI is InChI=1S/C10H19F2NO/c1-8(2)13(9(3)14)7-5-6-10(4,11)12/h8H,5-7H2,1-4H3. The number of hydrogen-bond donors (Lipinski definition) is 0. The molecule has 0 aliphatic carbocycles. The fourth-order valence-electron chi connectivity index (χ4n) is 1.34. The van der Waals surface area contributed by atoms with E-state index in [4.69, 9.17) is 0 Å². The van der Waals surface area contributed by atoms with E-state index in [1.54, 1.807) is 4.90 Å². The minimum absolute atomic E-state index is 0.0561. The third-order valence-corrected chi connectivity index (χ3v) is 2.04. The van der Waals surface area contributed by atoms with Gasteiger partial charge in [0.05, 0.1) is 0 Å². The summed E-state index contributed by atoms with van der Waals surface area (Å²) in [4.78, 5) is 12.7. The third kappa shape index (κ3) is 5.89. The van der Waals surface area contributed by atoms with Crippen molar-refractivity contribution in [3.8, 4) is 0 Å². The molecule has 0 saturated heterocycles. The van der Waals surface area contributed by atoms with Crippen molar-refractivity contribution in [2.24, 2.45) is 0 Å². The fourth-order valence-corrected chi connectivity index (χ4v) is 1.34. The molecular weight excluding hydrogens is 188 g/mol. The number of carbonyl (C=O) groups excluding carboxylic acids is 1. The molecule has 0 aliphatic heterocycles. The summed E-state index contributed by atoms with van der Waals surface area (Å²) in [5.74, 6) is -2.68. The van der Waals surface area contributed by atoms with Gasteiger partial charge in [0.1, 0.15) is 0 Å². The Morgan fingerprint density at radius 1 is 1.43 bits per heavy atom. The molecule has 0 saturated carbocycles. The van der Waals surface area contributed by atoms with Crippen molar-refractivity contribution in [1.82, 2.24) is 4.90 Å². The zero-order valence-corrected chi connectivity index (χ0v) is 9.31. The van der Waals surface area contributed by atoms with E-state index in [0.29, 0.717) is 13.0 Å². The molecule has 0 fully saturated rings. The van der Waals surface area contributed by atoms with Crippen molar-refractivity contribution in [3.63, 3.8) is 0 Å². The first-order valence-corrected chi connectivity index (χ1v) is 4.89. The van der Waals surface area contributed by atoms with Crippen molar-refractivity contribution in [2.45, 2.75) is 52.5 Å². The van der Waals surface area contributed by atoms with Gasteiger partial charge >= 0.3 is 0 Å². The molecule has 2 nitrogen and oxygen atoms in total. The van der Waals surface area contributed by atoms with Crippen LogP contribution in [0.4, 0.5) is 8.78 Å². The van der Waals surface area contributed by atoms with Crippen LogP contribution in [0.2, 0.25) is 0 Å². The molecule has 1 amide bonds. The molecule has 0 spiro atoms. The van der Waals surface area contributed by atoms with Crippen LogP contribution in [-0.4, -0.2) is 29.3 Å². The van der Waals surface area contributed by atoms with Crippen LogP contribution in [-0.2, 0) is 4.79 Å². The van der Waals surface area contributed by atoms with Gasteiger partial charge in [-0.1, -0.05) is 0 Å². The average molecular weight is 207 g/mol. The second-order valence-electron chi connectivity index (χ2n) is 3.98. The highest BCUT2D eigenvalue weighted by Crippen LogP contribution is 2.19. The predicted octanol–water partition coefficient (Wildman–Crippen LogP) is 2.68. The van der Waals surface area contributed by atoms with E-state index in [9.17, 15) is 13.6 Å². The van der Waals surface area contributed by atoms with Gasteiger partial charge in [-0.15, -0.1) is 0 Å². The van der Waals surface area contributed by atoms with Gasteiger partial charge in [0.15, 0.2) is 0 Å². The van der Waals surface area contributed by atoms with Gasteiger partial charge in [-0.3, -0.25) is 4.79 Å². The van der Waals surface area contributed by atoms with Gasteiger partial charge in [0.2, 0.25) is 11.8 Å². The first kappa shape index (κ1) is 13.3. The molecule has 0 atom stereocenters. The van der Waals surface area contributed by atoms with Crippen molar-refractivity contribution in [1.29, 1.82) is 0 Å². The van der Waals surface area contributed by atoms with E-state index in [1.807, 2.05) is 13.8 Å². The van der Waals surface area contributed by atoms with Crippen molar-refractivity contribution in [2.75, 3.05) is 6.54 Å². The van der Waals surface area contributed by atoms with Gasteiger partial charge in [0, 0.05) is 25.9 Å². The third-order valence-electron chi connectivity index (χ3n) is 2.04. The zero-order chi connectivity index (χ0) is 11.4. The smallest absolute Gasteiger partial charge is 0.245 e. The maximum Gasteiger partial charge on any atom is 0.245 e. The normalized spacial score (nSPS) is 11.9. The molecule has 0 bridgehead atoms. The summed E-state index contributed by atoms with van der Waals surface area (Å²) < 4.78 is 24.9. The van der Waals surface area contributed by atoms with E-state index in [1.165, 1.54) is 6.92 Å². The molecule has 0 unspecified atom stereocenters. The van der Waals surface area contributed by atoms with Gasteiger partial charge in [-0.25, -0.2) is 8.78 Å². The second kappa shape index (κ2) is 5.27. The number of carbonyl (C=O) groups is 1. The van der Waals surface area contributed by atoms with Crippen LogP contribution in [0.1, 0.15) is 40.5 Å². The lowest BCUT2D eigenvalue weighted by atomic mass is 10.2. The molecule has 0 aromatic heterocycles. The Labute approximate surface area is 84.3 Å². The van der Waals surface area contributed by atoms with Crippen molar-refractivity contribution >= 4 is 5.91 Å². The zero-order valence-electron chi connectivity index (χ0n) is 9.31. The molecule has 14 heavy (non-hydrogen) atoms. The minimum Gasteiger partial charge on any atom is -0.341 e. The monoisotopic (exact) mass is 207 g/mol. The van der Waals surface area contributed by atoms with Crippen LogP contribution in [0.15, 0.2) is 0 Å². The Balaban J connectivity index is 3.90. The average Bonchev–Trinajstić information content (AvgIpc) is 1.94. The lowest BCUT2D eigenvalue weighted by Gasteiger charge is -2.25. The quantitative estimate of drug-likeness (QED) is 0.678. The summed E-state index contributed by atoms with van der Waals surface area (Å²) in [6, 6.07) is 0.0815. The largest absolute Gasteiger partial charge is 0.341 e. The molecule has 0 rings (SSSR count). The minimum atomic E-state index is -2.63. The lowest BCUT2D eigenvalue weighted by Crippen LogP contribution is -2.36. The molecule has 84 valence electrons. The Morgan fingerprint density at radius 2 is 1.93 bits per heavy atom. The number of amides is 1. The van der Waals surface area contributed by atoms with Crippen LogP contribution in [0, 0.1) is 0 Å². The van der Waals surface area contributed by atoms with Crippen LogP contribution in [0.5, 0.6) is 0 Å². The van der Waals surface area contributed by atoms with Gasteiger partial charge in [0.25, 0.3) is 0 Å². The summed E-state index contributed by atoms with van der Waals surface area (Å²) in [6.45, 7) is 6.54. The Kier molecular flexibility index (Phi) is 5.02. The number of nitrogens with zero attached hydrogens (tertiary/aromatic N) is 1. The molecule has 0 radical (unpaired) electrons. The van der Waals surface area contributed by atoms with Crippen LogP contribution < -0.4 is 0 Å². The number of hydrogen-bond acceptors (Lipinski definition) is 1. The molecule has 4 heteroatoms. The summed E-state index contributed by atoms with van der Waals surface area (Å²) in [6.07, 6.45) is 0.185. The molecule has 0 aliphatic rings. The first-order valence-electron chi connectivity index (χ1n) is 4.89. The highest BCUT2D eigenvalue weighted by molar-refractivity contribution is 5.73. The summed E-state index contributed by atoms with van der Waals surface area (Å²) in [7, 11) is 0. The van der Waals surface area contributed by atoms with E-state index in [2.05, 4.69) is 0 Å². The SMILES string of the molecule is CC(=O)N(CCCC(C)(F)F)C(C)C. The van der Waals surface area contributed by atoms with E-state index >= 15 is 0 Å². The van der Waals surface area contributed by atoms with E-state index in [0.717, 1.165) is 6.92 Å². The van der Waals surface area contributed by atoms with Gasteiger partial charge in [-0.05, 0) is 27.2 Å². The van der Waals surface area contributed by atoms with Crippen LogP contribution in [0.25, 0.3) is 0 Å². The van der Waals surface area contributed by atoms with Gasteiger partial charge < -0.3 is 4.90 Å². The van der Waals surface area contributed by atoms with Gasteiger partial charge in [-0.2, -0.15) is 0 Å². The summed E-state index contributed by atoms with van der Waals surface area (Å²) in [5.41, 5.74) is 0. The summed E-state index contributed by atoms with van der Waals surface area (Å²) >= 11 is 0. The maximum absolute atomic E-state index is 12.5. The number of halogens is 2. The van der Waals surface area contributed by atoms with Crippen LogP contribution in [0.3, 0.4) is 0 Å². The highest BCUT2D eigenvalue weighted by atomic mass is 19.3. The Morgan fingerprint density at radius 3 is 2.21 bits per heavy atom. The molecule has 0 N–H and O–H groups in total. The summed E-state index contributed by atoms with van der Waals surface area (Å²) in [5, 5.41) is 0. The number of alkyl halides is 2.